The Morgan fingerprint density at radius 1 is 1.16 bits per heavy atom. The number of nitrogens with one attached hydrogen (secondary N) is 1. The van der Waals surface area contributed by atoms with Gasteiger partial charge in [-0.2, -0.15) is 18.4 Å². The van der Waals surface area contributed by atoms with E-state index in [1.54, 1.807) is 0 Å². The maximum atomic E-state index is 14.1. The molecule has 5 rings (SSSR count). The zero-order valence-corrected chi connectivity index (χ0v) is 19.3. The molecular weight excluding hydrogens is 506 g/mol. The van der Waals surface area contributed by atoms with Crippen LogP contribution >= 0.6 is 0 Å². The molecule has 0 bridgehead atoms. The molecule has 1 saturated carbocycles. The molecule has 3 N–H and O–H groups in total. The number of carbonyl (C=O) groups excluding carboxylic acids is 1. The molecule has 2 atom stereocenters. The van der Waals surface area contributed by atoms with Crippen LogP contribution in [0.4, 0.5) is 26.3 Å². The van der Waals surface area contributed by atoms with Gasteiger partial charge in [-0.25, -0.2) is 18.2 Å². The molecule has 15 heteroatoms. The summed E-state index contributed by atoms with van der Waals surface area (Å²) in [7, 11) is 0. The van der Waals surface area contributed by atoms with E-state index in [0.717, 1.165) is 17.4 Å². The number of benzene rings is 1. The predicted octanol–water partition coefficient (Wildman–Crippen LogP) is 2.97. The summed E-state index contributed by atoms with van der Waals surface area (Å²) in [4.78, 5) is 18.6. The number of carbonyl (C=O) groups is 1. The lowest BCUT2D eigenvalue weighted by Crippen LogP contribution is -2.48. The number of imidazole rings is 1. The van der Waals surface area contributed by atoms with E-state index in [1.165, 1.54) is 4.90 Å². The van der Waals surface area contributed by atoms with E-state index in [-0.39, 0.29) is 48.7 Å². The quantitative estimate of drug-likeness (QED) is 0.360. The summed E-state index contributed by atoms with van der Waals surface area (Å²) in [5, 5.41) is 13.1. The van der Waals surface area contributed by atoms with Crippen molar-refractivity contribution >= 4 is 5.91 Å². The first-order valence-corrected chi connectivity index (χ1v) is 11.6. The molecule has 1 aromatic carbocycles. The van der Waals surface area contributed by atoms with Gasteiger partial charge in [0, 0.05) is 25.1 Å². The van der Waals surface area contributed by atoms with Crippen LogP contribution in [-0.4, -0.2) is 53.1 Å². The van der Waals surface area contributed by atoms with E-state index in [1.807, 2.05) is 0 Å². The zero-order chi connectivity index (χ0) is 26.5. The smallest absolute Gasteiger partial charge is 0.332 e. The SMILES string of the molecule is N[C@@H](CC(=O)N1Cc2c(-c3nn[nH]n3)nc(C(F)(F)F)n2CC1CC1CC1)Cc1cc(F)c(F)cc1F. The number of tetrazole rings is 1. The number of nitrogens with two attached hydrogens (primary N) is 1. The van der Waals surface area contributed by atoms with Crippen molar-refractivity contribution in [3.05, 3.63) is 46.7 Å². The van der Waals surface area contributed by atoms with Crippen LogP contribution in [0, 0.1) is 23.4 Å². The Balaban J connectivity index is 1.41. The molecular formula is C22H22F6N8O. The number of hydrogen-bond donors (Lipinski definition) is 2. The van der Waals surface area contributed by atoms with Gasteiger partial charge in [-0.1, -0.05) is 12.8 Å². The number of halogens is 6. The Hall–Kier alpha value is -3.49. The van der Waals surface area contributed by atoms with Crippen molar-refractivity contribution in [2.45, 2.75) is 63.5 Å². The van der Waals surface area contributed by atoms with Crippen LogP contribution in [0.25, 0.3) is 11.5 Å². The fraction of sp³-hybridized carbons (Fsp3) is 0.500. The number of alkyl halides is 3. The van der Waals surface area contributed by atoms with Crippen LogP contribution in [0.15, 0.2) is 12.1 Å². The molecule has 0 spiro atoms. The Morgan fingerprint density at radius 2 is 1.89 bits per heavy atom. The summed E-state index contributed by atoms with van der Waals surface area (Å²) >= 11 is 0. The fourth-order valence-electron chi connectivity index (χ4n) is 4.75. The van der Waals surface area contributed by atoms with Crippen molar-refractivity contribution in [3.63, 3.8) is 0 Å². The van der Waals surface area contributed by atoms with Gasteiger partial charge < -0.3 is 15.2 Å². The first kappa shape index (κ1) is 25.2. The lowest BCUT2D eigenvalue weighted by molar-refractivity contribution is -0.148. The number of aromatic amines is 1. The molecule has 1 aliphatic heterocycles. The minimum Gasteiger partial charge on any atom is -0.332 e. The number of rotatable bonds is 7. The molecule has 0 saturated heterocycles. The molecule has 3 aromatic rings. The minimum absolute atomic E-state index is 0.106. The highest BCUT2D eigenvalue weighted by atomic mass is 19.4. The van der Waals surface area contributed by atoms with Gasteiger partial charge in [0.1, 0.15) is 11.5 Å². The topological polar surface area (TPSA) is 119 Å². The van der Waals surface area contributed by atoms with Crippen LogP contribution in [0.2, 0.25) is 0 Å². The average Bonchev–Trinajstić information content (AvgIpc) is 3.31. The standard InChI is InChI=1S/C22H22F6N8O/c23-14-7-16(25)15(24)5-11(14)4-12(29)6-18(37)35-9-17-19(20-31-33-34-32-20)30-21(22(26,27)28)36(17)8-13(35)3-10-1-2-10/h5,7,10,12-13H,1-4,6,8-9,29H2,(H,31,32,33,34)/t12-,13?/m1/s1. The number of nitrogens with zero attached hydrogens (tertiary/aromatic N) is 6. The van der Waals surface area contributed by atoms with Crippen LogP contribution in [0.1, 0.15) is 42.8 Å². The molecule has 2 aliphatic rings. The van der Waals surface area contributed by atoms with Crippen LogP contribution in [-0.2, 0) is 30.5 Å². The van der Waals surface area contributed by atoms with E-state index in [4.69, 9.17) is 5.73 Å². The van der Waals surface area contributed by atoms with E-state index in [9.17, 15) is 31.1 Å². The molecule has 1 fully saturated rings. The highest BCUT2D eigenvalue weighted by molar-refractivity contribution is 5.77. The van der Waals surface area contributed by atoms with Crippen molar-refractivity contribution in [3.8, 4) is 11.5 Å². The number of hydrogen-bond acceptors (Lipinski definition) is 6. The predicted molar refractivity (Wildman–Crippen MR) is 115 cm³/mol. The molecule has 0 radical (unpaired) electrons. The second-order valence-corrected chi connectivity index (χ2v) is 9.46. The molecule has 1 aliphatic carbocycles. The van der Waals surface area contributed by atoms with Crippen molar-refractivity contribution in [2.24, 2.45) is 11.7 Å². The molecule has 9 nitrogen and oxygen atoms in total. The molecule has 2 aromatic heterocycles. The van der Waals surface area contributed by atoms with Gasteiger partial charge in [0.2, 0.25) is 17.6 Å². The number of H-pyrrole nitrogens is 1. The average molecular weight is 528 g/mol. The van der Waals surface area contributed by atoms with Crippen LogP contribution in [0.5, 0.6) is 0 Å². The van der Waals surface area contributed by atoms with E-state index in [0.29, 0.717) is 24.5 Å². The highest BCUT2D eigenvalue weighted by Gasteiger charge is 2.44. The zero-order valence-electron chi connectivity index (χ0n) is 19.3. The molecule has 1 amide bonds. The normalized spacial score (nSPS) is 18.7. The van der Waals surface area contributed by atoms with Crippen LogP contribution in [0.3, 0.4) is 0 Å². The van der Waals surface area contributed by atoms with E-state index < -0.39 is 47.4 Å². The van der Waals surface area contributed by atoms with Gasteiger partial charge in [0.25, 0.3) is 0 Å². The van der Waals surface area contributed by atoms with Gasteiger partial charge in [-0.05, 0) is 35.6 Å². The lowest BCUT2D eigenvalue weighted by Gasteiger charge is -2.38. The summed E-state index contributed by atoms with van der Waals surface area (Å²) in [6.07, 6.45) is -2.92. The number of amides is 1. The molecule has 1 unspecified atom stereocenters. The molecule has 198 valence electrons. The summed E-state index contributed by atoms with van der Waals surface area (Å²) in [6.45, 7) is -0.334. The molecule has 3 heterocycles. The maximum Gasteiger partial charge on any atom is 0.449 e. The highest BCUT2D eigenvalue weighted by Crippen LogP contribution is 2.40. The summed E-state index contributed by atoms with van der Waals surface area (Å²) < 4.78 is 83.4. The Morgan fingerprint density at radius 3 is 2.54 bits per heavy atom. The minimum atomic E-state index is -4.75. The third-order valence-corrected chi connectivity index (χ3v) is 6.67. The summed E-state index contributed by atoms with van der Waals surface area (Å²) in [5.41, 5.74) is 5.85. The number of aromatic nitrogens is 6. The third kappa shape index (κ3) is 5.17. The Kier molecular flexibility index (Phi) is 6.41. The van der Waals surface area contributed by atoms with Crippen molar-refractivity contribution in [2.75, 3.05) is 0 Å². The van der Waals surface area contributed by atoms with Gasteiger partial charge in [-0.3, -0.25) is 4.79 Å². The van der Waals surface area contributed by atoms with Crippen molar-refractivity contribution < 1.29 is 31.1 Å². The lowest BCUT2D eigenvalue weighted by atomic mass is 10.00. The summed E-state index contributed by atoms with van der Waals surface area (Å²) in [5.74, 6) is -4.98. The van der Waals surface area contributed by atoms with Crippen molar-refractivity contribution in [1.29, 1.82) is 0 Å². The maximum absolute atomic E-state index is 14.1. The number of fused-ring (bicyclic) bond motifs is 1. The summed E-state index contributed by atoms with van der Waals surface area (Å²) in [6, 6.07) is -0.384. The Bertz CT molecular complexity index is 1300. The fourth-order valence-corrected chi connectivity index (χ4v) is 4.75. The monoisotopic (exact) mass is 528 g/mol. The van der Waals surface area contributed by atoms with Crippen molar-refractivity contribution in [1.82, 2.24) is 35.1 Å². The molecule has 37 heavy (non-hydrogen) atoms. The van der Waals surface area contributed by atoms with E-state index in [2.05, 4.69) is 25.6 Å². The van der Waals surface area contributed by atoms with Gasteiger partial charge in [0.15, 0.2) is 11.6 Å². The van der Waals surface area contributed by atoms with Gasteiger partial charge in [-0.15, -0.1) is 10.2 Å². The first-order chi connectivity index (χ1) is 17.5. The van der Waals surface area contributed by atoms with Gasteiger partial charge in [0.05, 0.1) is 18.3 Å². The van der Waals surface area contributed by atoms with Gasteiger partial charge >= 0.3 is 6.18 Å². The van der Waals surface area contributed by atoms with Crippen LogP contribution < -0.4 is 5.73 Å². The largest absolute Gasteiger partial charge is 0.449 e. The Labute approximate surface area is 206 Å². The first-order valence-electron chi connectivity index (χ1n) is 11.6. The third-order valence-electron chi connectivity index (χ3n) is 6.67. The second-order valence-electron chi connectivity index (χ2n) is 9.46. The second kappa shape index (κ2) is 9.43. The van der Waals surface area contributed by atoms with E-state index >= 15 is 0 Å².